The van der Waals surface area contributed by atoms with Crippen LogP contribution in [0.1, 0.15) is 41.0 Å². The SMILES string of the molecule is CB1CCC(C)(OC(C)C)C1(C)C. The first kappa shape index (κ1) is 11.1. The van der Waals surface area contributed by atoms with Crippen LogP contribution in [0.4, 0.5) is 0 Å². The van der Waals surface area contributed by atoms with Crippen molar-refractivity contribution in [2.45, 2.75) is 71.2 Å². The summed E-state index contributed by atoms with van der Waals surface area (Å²) in [7, 11) is 0. The van der Waals surface area contributed by atoms with Crippen molar-refractivity contribution in [1.29, 1.82) is 0 Å². The molecule has 13 heavy (non-hydrogen) atoms. The van der Waals surface area contributed by atoms with Gasteiger partial charge in [0, 0.05) is 0 Å². The van der Waals surface area contributed by atoms with Crippen LogP contribution >= 0.6 is 0 Å². The second kappa shape index (κ2) is 3.31. The van der Waals surface area contributed by atoms with Crippen molar-refractivity contribution < 1.29 is 4.74 Å². The lowest BCUT2D eigenvalue weighted by Gasteiger charge is -2.41. The van der Waals surface area contributed by atoms with E-state index in [9.17, 15) is 0 Å². The Balaban J connectivity index is 2.79. The Bertz CT molecular complexity index is 189. The molecule has 1 aliphatic rings. The van der Waals surface area contributed by atoms with Gasteiger partial charge in [0.05, 0.1) is 11.7 Å². The molecule has 0 N–H and O–H groups in total. The first-order valence-corrected chi connectivity index (χ1v) is 5.47. The molecule has 1 saturated heterocycles. The van der Waals surface area contributed by atoms with Crippen molar-refractivity contribution in [2.75, 3.05) is 0 Å². The molecular weight excluding hydrogens is 159 g/mol. The molecule has 1 nitrogen and oxygen atoms in total. The van der Waals surface area contributed by atoms with E-state index in [2.05, 4.69) is 41.4 Å². The molecule has 2 heteroatoms. The van der Waals surface area contributed by atoms with E-state index in [-0.39, 0.29) is 5.60 Å². The third-order valence-electron chi connectivity index (χ3n) is 4.15. The van der Waals surface area contributed by atoms with Gasteiger partial charge in [0.25, 0.3) is 0 Å². The van der Waals surface area contributed by atoms with Gasteiger partial charge in [-0.25, -0.2) is 0 Å². The summed E-state index contributed by atoms with van der Waals surface area (Å²) >= 11 is 0. The zero-order valence-electron chi connectivity index (χ0n) is 9.98. The molecule has 0 bridgehead atoms. The molecular formula is C11H23BO. The minimum absolute atomic E-state index is 0.0839. The molecule has 0 aromatic heterocycles. The zero-order valence-corrected chi connectivity index (χ0v) is 9.98. The predicted octanol–water partition coefficient (Wildman–Crippen LogP) is 3.48. The largest absolute Gasteiger partial charge is 0.373 e. The second-order valence-corrected chi connectivity index (χ2v) is 5.56. The fourth-order valence-electron chi connectivity index (χ4n) is 2.43. The molecule has 0 saturated carbocycles. The molecule has 1 aliphatic heterocycles. The number of hydrogen-bond acceptors (Lipinski definition) is 1. The van der Waals surface area contributed by atoms with Crippen LogP contribution in [0.5, 0.6) is 0 Å². The third-order valence-corrected chi connectivity index (χ3v) is 4.15. The van der Waals surface area contributed by atoms with Crippen molar-refractivity contribution in [1.82, 2.24) is 0 Å². The molecule has 0 aromatic rings. The fourth-order valence-corrected chi connectivity index (χ4v) is 2.43. The summed E-state index contributed by atoms with van der Waals surface area (Å²) in [4.78, 5) is 0. The Kier molecular flexibility index (Phi) is 2.82. The highest BCUT2D eigenvalue weighted by Crippen LogP contribution is 2.53. The lowest BCUT2D eigenvalue weighted by Crippen LogP contribution is -2.41. The molecule has 0 aliphatic carbocycles. The highest BCUT2D eigenvalue weighted by atomic mass is 16.5. The third kappa shape index (κ3) is 1.78. The summed E-state index contributed by atoms with van der Waals surface area (Å²) in [6.45, 7) is 14.3. The quantitative estimate of drug-likeness (QED) is 0.594. The lowest BCUT2D eigenvalue weighted by atomic mass is 9.36. The molecule has 0 aromatic carbocycles. The molecule has 0 amide bonds. The van der Waals surface area contributed by atoms with Gasteiger partial charge in [-0.1, -0.05) is 27.0 Å². The van der Waals surface area contributed by atoms with Crippen LogP contribution in [0.15, 0.2) is 0 Å². The van der Waals surface area contributed by atoms with Gasteiger partial charge in [-0.3, -0.25) is 0 Å². The van der Waals surface area contributed by atoms with Crippen molar-refractivity contribution in [3.05, 3.63) is 0 Å². The van der Waals surface area contributed by atoms with Crippen LogP contribution < -0.4 is 0 Å². The van der Waals surface area contributed by atoms with Gasteiger partial charge in [0.2, 0.25) is 0 Å². The summed E-state index contributed by atoms with van der Waals surface area (Å²) in [6.07, 6.45) is 2.85. The average molecular weight is 182 g/mol. The maximum atomic E-state index is 6.08. The number of hydrogen-bond donors (Lipinski definition) is 0. The summed E-state index contributed by atoms with van der Waals surface area (Å²) in [5.74, 6) is 0. The Labute approximate surface area is 83.3 Å². The minimum Gasteiger partial charge on any atom is -0.373 e. The average Bonchev–Trinajstić information content (AvgIpc) is 2.13. The molecule has 1 unspecified atom stereocenters. The number of ether oxygens (including phenoxy) is 1. The predicted molar refractivity (Wildman–Crippen MR) is 59.7 cm³/mol. The van der Waals surface area contributed by atoms with Crippen LogP contribution in [0, 0.1) is 0 Å². The molecule has 1 fully saturated rings. The molecule has 1 heterocycles. The lowest BCUT2D eigenvalue weighted by molar-refractivity contribution is -0.0864. The van der Waals surface area contributed by atoms with Gasteiger partial charge in [0.15, 0.2) is 0 Å². The Morgan fingerprint density at radius 2 is 1.77 bits per heavy atom. The summed E-state index contributed by atoms with van der Waals surface area (Å²) in [6, 6.07) is 0. The van der Waals surface area contributed by atoms with E-state index in [0.717, 1.165) is 6.71 Å². The molecule has 1 atom stereocenters. The summed E-state index contributed by atoms with van der Waals surface area (Å²) in [5.41, 5.74) is 0.0839. The van der Waals surface area contributed by atoms with Crippen molar-refractivity contribution in [3.8, 4) is 0 Å². The standard InChI is InChI=1S/C11H23BO/c1-9(2)13-11(5)7-8-12(6)10(11,3)4/h9H,7-8H2,1-6H3. The van der Waals surface area contributed by atoms with Gasteiger partial charge in [0.1, 0.15) is 6.71 Å². The van der Waals surface area contributed by atoms with E-state index in [1.165, 1.54) is 12.7 Å². The van der Waals surface area contributed by atoms with Gasteiger partial charge in [-0.15, -0.1) is 0 Å². The number of rotatable bonds is 2. The first-order valence-electron chi connectivity index (χ1n) is 5.47. The van der Waals surface area contributed by atoms with E-state index in [4.69, 9.17) is 4.74 Å². The zero-order chi connectivity index (χ0) is 10.3. The van der Waals surface area contributed by atoms with E-state index < -0.39 is 0 Å². The summed E-state index contributed by atoms with van der Waals surface area (Å²) in [5, 5.41) is 0.317. The maximum absolute atomic E-state index is 6.08. The van der Waals surface area contributed by atoms with Crippen LogP contribution in [0.2, 0.25) is 18.5 Å². The van der Waals surface area contributed by atoms with Crippen molar-refractivity contribution in [3.63, 3.8) is 0 Å². The van der Waals surface area contributed by atoms with Gasteiger partial charge >= 0.3 is 0 Å². The van der Waals surface area contributed by atoms with Crippen LogP contribution in [0.3, 0.4) is 0 Å². The maximum Gasteiger partial charge on any atom is 0.146 e. The van der Waals surface area contributed by atoms with Gasteiger partial charge in [-0.2, -0.15) is 0 Å². The van der Waals surface area contributed by atoms with Crippen LogP contribution in [-0.4, -0.2) is 18.4 Å². The van der Waals surface area contributed by atoms with E-state index in [1.54, 1.807) is 0 Å². The Morgan fingerprint density at radius 3 is 2.08 bits per heavy atom. The normalized spacial score (nSPS) is 33.0. The second-order valence-electron chi connectivity index (χ2n) is 5.56. The Morgan fingerprint density at radius 1 is 1.23 bits per heavy atom. The topological polar surface area (TPSA) is 9.23 Å². The first-order chi connectivity index (χ1) is 5.79. The van der Waals surface area contributed by atoms with Crippen LogP contribution in [-0.2, 0) is 4.74 Å². The Hall–Kier alpha value is 0.0249. The summed E-state index contributed by atoms with van der Waals surface area (Å²) < 4.78 is 6.08. The molecule has 76 valence electrons. The smallest absolute Gasteiger partial charge is 0.146 e. The van der Waals surface area contributed by atoms with E-state index >= 15 is 0 Å². The van der Waals surface area contributed by atoms with Crippen molar-refractivity contribution >= 4 is 6.71 Å². The molecule has 1 rings (SSSR count). The fraction of sp³-hybridized carbons (Fsp3) is 1.00. The van der Waals surface area contributed by atoms with Crippen molar-refractivity contribution in [2.24, 2.45) is 0 Å². The highest BCUT2D eigenvalue weighted by Gasteiger charge is 2.52. The minimum atomic E-state index is 0.0839. The molecule has 0 radical (unpaired) electrons. The molecule has 0 spiro atoms. The monoisotopic (exact) mass is 182 g/mol. The van der Waals surface area contributed by atoms with Crippen LogP contribution in [0.25, 0.3) is 0 Å². The van der Waals surface area contributed by atoms with E-state index in [1.807, 2.05) is 0 Å². The highest BCUT2D eigenvalue weighted by molar-refractivity contribution is 6.62. The van der Waals surface area contributed by atoms with Gasteiger partial charge in [-0.05, 0) is 32.5 Å². The van der Waals surface area contributed by atoms with E-state index in [0.29, 0.717) is 11.4 Å². The van der Waals surface area contributed by atoms with Gasteiger partial charge < -0.3 is 4.74 Å².